The Morgan fingerprint density at radius 1 is 0.971 bits per heavy atom. The number of allylic oxidation sites excluding steroid dienone is 1. The second-order valence-electron chi connectivity index (χ2n) is 10.1. The van der Waals surface area contributed by atoms with Gasteiger partial charge in [-0.2, -0.15) is 5.26 Å². The molecule has 178 valence electrons. The first kappa shape index (κ1) is 23.5. The normalized spacial score (nSPS) is 16.4. The predicted octanol–water partition coefficient (Wildman–Crippen LogP) is 7.00. The average Bonchev–Trinajstić information content (AvgIpc) is 3.05. The molecule has 0 saturated carbocycles. The highest BCUT2D eigenvalue weighted by Crippen LogP contribution is 2.41. The summed E-state index contributed by atoms with van der Waals surface area (Å²) in [7, 11) is 0. The summed E-state index contributed by atoms with van der Waals surface area (Å²) in [5, 5.41) is 9.92. The van der Waals surface area contributed by atoms with Gasteiger partial charge in [0, 0.05) is 19.6 Å². The lowest BCUT2D eigenvalue weighted by Gasteiger charge is -2.39. The molecular formula is C32H33FN2. The molecule has 35 heavy (non-hydrogen) atoms. The Labute approximate surface area is 208 Å². The molecule has 0 amide bonds. The van der Waals surface area contributed by atoms with E-state index < -0.39 is 0 Å². The monoisotopic (exact) mass is 464 g/mol. The summed E-state index contributed by atoms with van der Waals surface area (Å²) in [5.41, 5.74) is 10.8. The van der Waals surface area contributed by atoms with E-state index >= 15 is 0 Å². The maximum absolute atomic E-state index is 12.4. The number of rotatable bonds is 7. The highest BCUT2D eigenvalue weighted by Gasteiger charge is 2.26. The molecule has 3 aromatic rings. The summed E-state index contributed by atoms with van der Waals surface area (Å²) in [6.07, 6.45) is 4.81. The van der Waals surface area contributed by atoms with Crippen molar-refractivity contribution in [3.05, 3.63) is 106 Å². The van der Waals surface area contributed by atoms with Crippen molar-refractivity contribution in [3.8, 4) is 6.07 Å². The molecule has 5 rings (SSSR count). The number of fused-ring (bicyclic) bond motifs is 1. The Kier molecular flexibility index (Phi) is 7.11. The van der Waals surface area contributed by atoms with E-state index in [2.05, 4.69) is 71.6 Å². The van der Waals surface area contributed by atoms with E-state index in [9.17, 15) is 9.65 Å². The van der Waals surface area contributed by atoms with Gasteiger partial charge in [-0.1, -0.05) is 60.7 Å². The summed E-state index contributed by atoms with van der Waals surface area (Å²) in [6, 6.07) is 26.6. The van der Waals surface area contributed by atoms with E-state index in [1.54, 1.807) is 0 Å². The van der Waals surface area contributed by atoms with Crippen molar-refractivity contribution in [3.63, 3.8) is 0 Å². The first-order chi connectivity index (χ1) is 17.2. The molecule has 3 aromatic carbocycles. The van der Waals surface area contributed by atoms with Crippen LogP contribution in [0, 0.1) is 24.2 Å². The molecule has 1 heterocycles. The summed E-state index contributed by atoms with van der Waals surface area (Å²) in [5.74, 6) is 0.666. The fraction of sp³-hybridized carbons (Fsp3) is 0.344. The van der Waals surface area contributed by atoms with Gasteiger partial charge in [0.1, 0.15) is 0 Å². The van der Waals surface area contributed by atoms with Crippen LogP contribution in [0.5, 0.6) is 0 Å². The lowest BCUT2D eigenvalue weighted by molar-refractivity contribution is 0.0968. The summed E-state index contributed by atoms with van der Waals surface area (Å²) in [4.78, 5) is 2.35. The van der Waals surface area contributed by atoms with E-state index in [1.807, 2.05) is 13.0 Å². The van der Waals surface area contributed by atoms with Gasteiger partial charge in [0.05, 0.1) is 18.3 Å². The smallest absolute Gasteiger partial charge is 0.0998 e. The van der Waals surface area contributed by atoms with Crippen molar-refractivity contribution in [1.29, 1.82) is 5.26 Å². The summed E-state index contributed by atoms with van der Waals surface area (Å²) >= 11 is 0. The molecule has 0 atom stereocenters. The van der Waals surface area contributed by atoms with Crippen LogP contribution in [0.25, 0.3) is 11.1 Å². The molecule has 2 nitrogen and oxygen atoms in total. The van der Waals surface area contributed by atoms with E-state index in [0.717, 1.165) is 62.0 Å². The molecule has 0 N–H and O–H groups in total. The number of aryl methyl sites for hydroxylation is 2. The van der Waals surface area contributed by atoms with Gasteiger partial charge in [-0.15, -0.1) is 0 Å². The Hall–Kier alpha value is -3.22. The first-order valence-corrected chi connectivity index (χ1v) is 12.9. The molecule has 0 spiro atoms. The molecular weight excluding hydrogens is 431 g/mol. The van der Waals surface area contributed by atoms with Gasteiger partial charge in [-0.05, 0) is 95.5 Å². The molecule has 0 aromatic heterocycles. The molecule has 3 heteroatoms. The fourth-order valence-corrected chi connectivity index (χ4v) is 5.75. The summed E-state index contributed by atoms with van der Waals surface area (Å²) in [6.45, 7) is 4.86. The van der Waals surface area contributed by atoms with Crippen LogP contribution in [0.3, 0.4) is 0 Å². The van der Waals surface area contributed by atoms with Crippen molar-refractivity contribution in [2.45, 2.75) is 39.0 Å². The van der Waals surface area contributed by atoms with Gasteiger partial charge in [0.25, 0.3) is 0 Å². The van der Waals surface area contributed by atoms with Crippen LogP contribution in [0.4, 0.5) is 4.39 Å². The molecule has 1 fully saturated rings. The molecule has 0 radical (unpaired) electrons. The number of nitriles is 1. The predicted molar refractivity (Wildman–Crippen MR) is 142 cm³/mol. The van der Waals surface area contributed by atoms with Gasteiger partial charge in [-0.3, -0.25) is 4.39 Å². The van der Waals surface area contributed by atoms with Crippen LogP contribution in [0.1, 0.15) is 58.2 Å². The van der Waals surface area contributed by atoms with Crippen molar-refractivity contribution in [1.82, 2.24) is 4.90 Å². The van der Waals surface area contributed by atoms with Crippen LogP contribution < -0.4 is 0 Å². The molecule has 0 unspecified atom stereocenters. The van der Waals surface area contributed by atoms with E-state index in [0.29, 0.717) is 12.3 Å². The Morgan fingerprint density at radius 2 is 1.77 bits per heavy atom. The van der Waals surface area contributed by atoms with Crippen molar-refractivity contribution in [2.24, 2.45) is 5.92 Å². The minimum atomic E-state index is -0.220. The largest absolute Gasteiger partial charge is 0.303 e. The third-order valence-corrected chi connectivity index (χ3v) is 7.49. The molecule has 1 saturated heterocycles. The zero-order valence-corrected chi connectivity index (χ0v) is 20.6. The molecule has 1 aliphatic heterocycles. The second kappa shape index (κ2) is 10.6. The molecule has 2 aliphatic rings. The van der Waals surface area contributed by atoms with Gasteiger partial charge in [0.15, 0.2) is 0 Å². The lowest BCUT2D eigenvalue weighted by atomic mass is 9.85. The third-order valence-electron chi connectivity index (χ3n) is 7.49. The van der Waals surface area contributed by atoms with Crippen LogP contribution >= 0.6 is 0 Å². The SMILES string of the molecule is Cc1ccc(C2=C(c3ccc(CC4CN(CCCF)C4)cc3)c3ccccc3CCC2)c(C#N)c1. The molecule has 0 bridgehead atoms. The number of hydrogen-bond acceptors (Lipinski definition) is 2. The van der Waals surface area contributed by atoms with Crippen LogP contribution in [-0.4, -0.2) is 31.2 Å². The highest BCUT2D eigenvalue weighted by molar-refractivity contribution is 6.00. The number of hydrogen-bond donors (Lipinski definition) is 0. The van der Waals surface area contributed by atoms with E-state index in [4.69, 9.17) is 0 Å². The van der Waals surface area contributed by atoms with E-state index in [1.165, 1.54) is 33.4 Å². The number of likely N-dealkylation sites (tertiary alicyclic amines) is 1. The maximum Gasteiger partial charge on any atom is 0.0998 e. The lowest BCUT2D eigenvalue weighted by Crippen LogP contribution is -2.47. The van der Waals surface area contributed by atoms with Crippen LogP contribution in [0.15, 0.2) is 66.7 Å². The van der Waals surface area contributed by atoms with Gasteiger partial charge < -0.3 is 4.90 Å². The van der Waals surface area contributed by atoms with Crippen molar-refractivity contribution in [2.75, 3.05) is 26.3 Å². The molecule has 1 aliphatic carbocycles. The quantitative estimate of drug-likeness (QED) is 0.377. The third kappa shape index (κ3) is 5.09. The standard InChI is InChI=1S/C32H33FN2/c1-23-10-15-29(28(18-23)20-34)31-9-4-7-26-6-2-3-8-30(26)32(31)27-13-11-24(12-14-27)19-25-21-35(22-25)17-5-16-33/h2-3,6,8,10-15,18,25H,4-5,7,9,16-17,19,21-22H2,1H3. The number of alkyl halides is 1. The highest BCUT2D eigenvalue weighted by atomic mass is 19.1. The minimum Gasteiger partial charge on any atom is -0.303 e. The summed E-state index contributed by atoms with van der Waals surface area (Å²) < 4.78 is 12.4. The van der Waals surface area contributed by atoms with E-state index in [-0.39, 0.29) is 6.67 Å². The number of benzene rings is 3. The Bertz CT molecular complexity index is 1260. The number of nitrogens with zero attached hydrogens (tertiary/aromatic N) is 2. The second-order valence-corrected chi connectivity index (χ2v) is 10.1. The topological polar surface area (TPSA) is 27.0 Å². The van der Waals surface area contributed by atoms with Crippen molar-refractivity contribution >= 4 is 11.1 Å². The number of halogens is 1. The average molecular weight is 465 g/mol. The zero-order chi connectivity index (χ0) is 24.2. The van der Waals surface area contributed by atoms with Gasteiger partial charge >= 0.3 is 0 Å². The maximum atomic E-state index is 12.4. The van der Waals surface area contributed by atoms with Gasteiger partial charge in [0.2, 0.25) is 0 Å². The van der Waals surface area contributed by atoms with Gasteiger partial charge in [-0.25, -0.2) is 0 Å². The Morgan fingerprint density at radius 3 is 2.54 bits per heavy atom. The van der Waals surface area contributed by atoms with Crippen LogP contribution in [-0.2, 0) is 12.8 Å². The minimum absolute atomic E-state index is 0.220. The zero-order valence-electron chi connectivity index (χ0n) is 20.6. The van der Waals surface area contributed by atoms with Crippen molar-refractivity contribution < 1.29 is 4.39 Å². The first-order valence-electron chi connectivity index (χ1n) is 12.9. The Balaban J connectivity index is 1.49. The van der Waals surface area contributed by atoms with Crippen LogP contribution in [0.2, 0.25) is 0 Å². The fourth-order valence-electron chi connectivity index (χ4n) is 5.75.